The van der Waals surface area contributed by atoms with Crippen LogP contribution in [-0.2, 0) is 0 Å². The minimum atomic E-state index is 1.04. The number of hydrogen-bond donors (Lipinski definition) is 1. The summed E-state index contributed by atoms with van der Waals surface area (Å²) in [6.07, 6.45) is 7.92. The zero-order valence-corrected chi connectivity index (χ0v) is 25.6. The van der Waals surface area contributed by atoms with Gasteiger partial charge in [-0.1, -0.05) is 87.6 Å². The van der Waals surface area contributed by atoms with Crippen molar-refractivity contribution in [3.8, 4) is 5.69 Å². The van der Waals surface area contributed by atoms with E-state index in [1.807, 2.05) is 22.7 Å². The minimum Gasteiger partial charge on any atom is -0.385 e. The van der Waals surface area contributed by atoms with Crippen molar-refractivity contribution in [2.75, 3.05) is 11.9 Å². The van der Waals surface area contributed by atoms with E-state index >= 15 is 0 Å². The molecule has 8 rings (SSSR count). The quantitative estimate of drug-likeness (QED) is 0.168. The third-order valence-corrected chi connectivity index (χ3v) is 11.1. The molecule has 0 atom stereocenters. The highest BCUT2D eigenvalue weighted by atomic mass is 32.1. The van der Waals surface area contributed by atoms with E-state index in [2.05, 4.69) is 114 Å². The summed E-state index contributed by atoms with van der Waals surface area (Å²) >= 11 is 3.88. The number of fused-ring (bicyclic) bond motifs is 9. The first-order valence-electron chi connectivity index (χ1n) is 15.3. The fraction of sp³-hybridized carbons (Fsp3) is 0.211. The number of benzene rings is 5. The summed E-state index contributed by atoms with van der Waals surface area (Å²) in [5.74, 6) is 0. The summed E-state index contributed by atoms with van der Waals surface area (Å²) in [6, 6.07) is 36.2. The zero-order chi connectivity index (χ0) is 28.0. The van der Waals surface area contributed by atoms with Crippen molar-refractivity contribution in [2.24, 2.45) is 0 Å². The van der Waals surface area contributed by atoms with Gasteiger partial charge in [0.25, 0.3) is 0 Å². The maximum atomic E-state index is 3.67. The molecular formula is C38H34N2S2. The van der Waals surface area contributed by atoms with Crippen molar-refractivity contribution in [1.29, 1.82) is 0 Å². The van der Waals surface area contributed by atoms with Gasteiger partial charge in [0, 0.05) is 38.1 Å². The van der Waals surface area contributed by atoms with Gasteiger partial charge in [0.1, 0.15) is 0 Å². The fourth-order valence-corrected chi connectivity index (χ4v) is 9.09. The SMILES string of the molecule is CCCCCCCCNc1ccc(-n2c3c4cc5ccccc5cc4sc3c3sc4cc5ccccc5cc4c32)cc1. The van der Waals surface area contributed by atoms with Crippen LogP contribution in [0.2, 0.25) is 0 Å². The van der Waals surface area contributed by atoms with Gasteiger partial charge in [-0.2, -0.15) is 0 Å². The molecule has 8 aromatic rings. The molecule has 0 spiro atoms. The number of thiophene rings is 2. The van der Waals surface area contributed by atoms with Gasteiger partial charge in [0.15, 0.2) is 0 Å². The molecule has 0 bridgehead atoms. The van der Waals surface area contributed by atoms with Gasteiger partial charge >= 0.3 is 0 Å². The van der Waals surface area contributed by atoms with Gasteiger partial charge in [-0.25, -0.2) is 0 Å². The molecule has 0 unspecified atom stereocenters. The number of nitrogens with one attached hydrogen (secondary N) is 1. The Morgan fingerprint density at radius 3 is 1.62 bits per heavy atom. The Kier molecular flexibility index (Phi) is 6.62. The van der Waals surface area contributed by atoms with E-state index in [1.54, 1.807) is 0 Å². The molecule has 4 heteroatoms. The van der Waals surface area contributed by atoms with Crippen LogP contribution in [0.5, 0.6) is 0 Å². The van der Waals surface area contributed by atoms with E-state index in [-0.39, 0.29) is 0 Å². The fourth-order valence-electron chi connectivity index (χ4n) is 6.53. The lowest BCUT2D eigenvalue weighted by Gasteiger charge is -2.11. The second-order valence-electron chi connectivity index (χ2n) is 11.5. The molecule has 0 saturated heterocycles. The molecule has 2 nitrogen and oxygen atoms in total. The van der Waals surface area contributed by atoms with Gasteiger partial charge in [-0.15, -0.1) is 22.7 Å². The lowest BCUT2D eigenvalue weighted by atomic mass is 10.1. The Labute approximate surface area is 254 Å². The van der Waals surface area contributed by atoms with E-state index < -0.39 is 0 Å². The van der Waals surface area contributed by atoms with Crippen LogP contribution in [0.15, 0.2) is 97.1 Å². The summed E-state index contributed by atoms with van der Waals surface area (Å²) in [6.45, 7) is 3.31. The second-order valence-corrected chi connectivity index (χ2v) is 13.6. The Morgan fingerprint density at radius 2 is 1.07 bits per heavy atom. The van der Waals surface area contributed by atoms with Gasteiger partial charge in [0.2, 0.25) is 0 Å². The second kappa shape index (κ2) is 10.8. The lowest BCUT2D eigenvalue weighted by Crippen LogP contribution is -2.02. The molecule has 0 fully saturated rings. The summed E-state index contributed by atoms with van der Waals surface area (Å²) in [7, 11) is 0. The van der Waals surface area contributed by atoms with Gasteiger partial charge in [-0.3, -0.25) is 0 Å². The normalized spacial score (nSPS) is 12.1. The zero-order valence-electron chi connectivity index (χ0n) is 24.0. The summed E-state index contributed by atoms with van der Waals surface area (Å²) in [5.41, 5.74) is 5.10. The Hall–Kier alpha value is -3.86. The first-order valence-corrected chi connectivity index (χ1v) is 17.0. The molecule has 208 valence electrons. The lowest BCUT2D eigenvalue weighted by molar-refractivity contribution is 0.617. The van der Waals surface area contributed by atoms with Crippen LogP contribution in [0.1, 0.15) is 45.4 Å². The van der Waals surface area contributed by atoms with Crippen molar-refractivity contribution in [3.05, 3.63) is 97.1 Å². The first kappa shape index (κ1) is 25.8. The number of unbranched alkanes of at least 4 members (excludes halogenated alkanes) is 5. The van der Waals surface area contributed by atoms with Gasteiger partial charge in [0.05, 0.1) is 20.4 Å². The van der Waals surface area contributed by atoms with Crippen molar-refractivity contribution < 1.29 is 0 Å². The average molecular weight is 583 g/mol. The van der Waals surface area contributed by atoms with Gasteiger partial charge < -0.3 is 9.88 Å². The topological polar surface area (TPSA) is 17.0 Å². The summed E-state index contributed by atoms with van der Waals surface area (Å²) in [4.78, 5) is 0. The number of nitrogens with zero attached hydrogens (tertiary/aromatic N) is 1. The predicted octanol–water partition coefficient (Wildman–Crippen LogP) is 12.3. The van der Waals surface area contributed by atoms with Gasteiger partial charge in [-0.05, 0) is 76.5 Å². The molecule has 0 saturated carbocycles. The maximum Gasteiger partial charge on any atom is 0.0736 e. The summed E-state index contributed by atoms with van der Waals surface area (Å²) < 4.78 is 8.05. The van der Waals surface area contributed by atoms with Crippen LogP contribution in [0.25, 0.3) is 67.8 Å². The molecular weight excluding hydrogens is 549 g/mol. The minimum absolute atomic E-state index is 1.04. The van der Waals surface area contributed by atoms with Crippen LogP contribution < -0.4 is 5.32 Å². The van der Waals surface area contributed by atoms with Crippen LogP contribution in [-0.4, -0.2) is 11.1 Å². The molecule has 0 aliphatic rings. The molecule has 5 aromatic carbocycles. The van der Waals surface area contributed by atoms with Crippen molar-refractivity contribution in [1.82, 2.24) is 4.57 Å². The number of rotatable bonds is 9. The number of hydrogen-bond acceptors (Lipinski definition) is 3. The van der Waals surface area contributed by atoms with E-state index in [1.165, 1.54) is 112 Å². The Balaban J connectivity index is 1.27. The molecule has 0 aliphatic carbocycles. The van der Waals surface area contributed by atoms with Crippen LogP contribution in [0.3, 0.4) is 0 Å². The largest absolute Gasteiger partial charge is 0.385 e. The first-order chi connectivity index (χ1) is 20.8. The molecule has 0 radical (unpaired) electrons. The third-order valence-electron chi connectivity index (χ3n) is 8.70. The highest BCUT2D eigenvalue weighted by molar-refractivity contribution is 7.33. The third kappa shape index (κ3) is 4.36. The smallest absolute Gasteiger partial charge is 0.0736 e. The monoisotopic (exact) mass is 582 g/mol. The van der Waals surface area contributed by atoms with E-state index in [9.17, 15) is 0 Å². The molecule has 0 aliphatic heterocycles. The summed E-state index contributed by atoms with van der Waals surface area (Å²) in [5, 5.41) is 11.6. The van der Waals surface area contributed by atoms with Crippen molar-refractivity contribution >= 4 is 90.5 Å². The Morgan fingerprint density at radius 1 is 0.571 bits per heavy atom. The van der Waals surface area contributed by atoms with Crippen molar-refractivity contribution in [3.63, 3.8) is 0 Å². The average Bonchev–Trinajstić information content (AvgIpc) is 3.66. The van der Waals surface area contributed by atoms with Crippen LogP contribution in [0, 0.1) is 0 Å². The van der Waals surface area contributed by atoms with Crippen LogP contribution >= 0.6 is 22.7 Å². The number of anilines is 1. The molecule has 3 aromatic heterocycles. The highest BCUT2D eigenvalue weighted by Crippen LogP contribution is 2.49. The number of aromatic nitrogens is 1. The van der Waals surface area contributed by atoms with E-state index in [0.717, 1.165) is 6.54 Å². The van der Waals surface area contributed by atoms with Crippen LogP contribution in [0.4, 0.5) is 5.69 Å². The maximum absolute atomic E-state index is 3.67. The Bertz CT molecular complexity index is 2080. The predicted molar refractivity (Wildman–Crippen MR) is 188 cm³/mol. The molecule has 0 amide bonds. The molecule has 3 heterocycles. The standard InChI is InChI=1S/C38H34N2S2/c1-2-3-4-5-6-11-20-39-29-16-18-30(19-17-29)40-35-31-21-25-12-7-9-14-27(25)23-33(31)41-37(35)38-36(40)32-22-26-13-8-10-15-28(26)24-34(32)42-38/h7-10,12-19,21-24,39H,2-6,11,20H2,1H3. The van der Waals surface area contributed by atoms with E-state index in [4.69, 9.17) is 0 Å². The molecule has 42 heavy (non-hydrogen) atoms. The van der Waals surface area contributed by atoms with Crippen molar-refractivity contribution in [2.45, 2.75) is 45.4 Å². The van der Waals surface area contributed by atoms with E-state index in [0.29, 0.717) is 0 Å². The molecule has 1 N–H and O–H groups in total. The highest BCUT2D eigenvalue weighted by Gasteiger charge is 2.22.